The fourth-order valence-corrected chi connectivity index (χ4v) is 2.34. The fourth-order valence-electron chi connectivity index (χ4n) is 2.34. The molecule has 0 aliphatic heterocycles. The molecule has 1 aromatic carbocycles. The van der Waals surface area contributed by atoms with E-state index in [1.54, 1.807) is 24.3 Å². The van der Waals surface area contributed by atoms with Crippen LogP contribution in [0.25, 0.3) is 0 Å². The number of rotatable bonds is 7. The molecule has 0 aliphatic rings. The summed E-state index contributed by atoms with van der Waals surface area (Å²) in [6.07, 6.45) is 5.06. The van der Waals surface area contributed by atoms with Gasteiger partial charge in [-0.2, -0.15) is 5.26 Å². The summed E-state index contributed by atoms with van der Waals surface area (Å²) in [7, 11) is 0. The third kappa shape index (κ3) is 4.29. The lowest BCUT2D eigenvalue weighted by Gasteiger charge is -2.21. The van der Waals surface area contributed by atoms with Crippen molar-refractivity contribution in [3.05, 3.63) is 47.8 Å². The molecule has 1 aromatic heterocycles. The van der Waals surface area contributed by atoms with Crippen molar-refractivity contribution in [3.8, 4) is 6.07 Å². The van der Waals surface area contributed by atoms with Crippen LogP contribution in [0, 0.1) is 11.3 Å². The van der Waals surface area contributed by atoms with Crippen molar-refractivity contribution >= 4 is 17.5 Å². The molecule has 0 spiro atoms. The molecule has 0 fully saturated rings. The molecule has 0 bridgehead atoms. The van der Waals surface area contributed by atoms with Gasteiger partial charge in [-0.15, -0.1) is 0 Å². The average Bonchev–Trinajstić information content (AvgIpc) is 2.62. The number of benzene rings is 1. The zero-order valence-electron chi connectivity index (χ0n) is 14.0. The maximum atomic E-state index is 12.3. The molecule has 2 aromatic rings. The van der Waals surface area contributed by atoms with E-state index < -0.39 is 0 Å². The number of anilines is 2. The van der Waals surface area contributed by atoms with Crippen LogP contribution in [0.4, 0.5) is 11.6 Å². The van der Waals surface area contributed by atoms with Gasteiger partial charge in [0, 0.05) is 25.5 Å². The summed E-state index contributed by atoms with van der Waals surface area (Å²) in [5.74, 6) is 0.300. The molecule has 1 amide bonds. The van der Waals surface area contributed by atoms with E-state index in [-0.39, 0.29) is 5.91 Å². The van der Waals surface area contributed by atoms with Gasteiger partial charge in [-0.05, 0) is 25.0 Å². The van der Waals surface area contributed by atoms with Gasteiger partial charge in [0.15, 0.2) is 0 Å². The molecule has 1 N–H and O–H groups in total. The van der Waals surface area contributed by atoms with Crippen LogP contribution in [-0.2, 0) is 0 Å². The van der Waals surface area contributed by atoms with Crippen LogP contribution in [0.2, 0.25) is 0 Å². The van der Waals surface area contributed by atoms with Gasteiger partial charge in [0.2, 0.25) is 5.95 Å². The van der Waals surface area contributed by atoms with Gasteiger partial charge in [0.05, 0.1) is 16.8 Å². The predicted molar refractivity (Wildman–Crippen MR) is 93.9 cm³/mol. The van der Waals surface area contributed by atoms with Crippen molar-refractivity contribution in [1.29, 1.82) is 5.26 Å². The number of amides is 1. The number of para-hydroxylation sites is 1. The molecule has 6 nitrogen and oxygen atoms in total. The summed E-state index contributed by atoms with van der Waals surface area (Å²) in [5, 5.41) is 11.8. The molecule has 0 unspecified atom stereocenters. The second kappa shape index (κ2) is 8.63. The van der Waals surface area contributed by atoms with Gasteiger partial charge < -0.3 is 10.2 Å². The summed E-state index contributed by atoms with van der Waals surface area (Å²) >= 11 is 0. The Bertz CT molecular complexity index is 715. The quantitative estimate of drug-likeness (QED) is 0.846. The van der Waals surface area contributed by atoms with Gasteiger partial charge in [0.25, 0.3) is 5.91 Å². The minimum atomic E-state index is -0.332. The molecule has 2 rings (SSSR count). The smallest absolute Gasteiger partial charge is 0.258 e. The Morgan fingerprint density at radius 2 is 1.79 bits per heavy atom. The largest absolute Gasteiger partial charge is 0.341 e. The van der Waals surface area contributed by atoms with Crippen LogP contribution < -0.4 is 10.2 Å². The van der Waals surface area contributed by atoms with E-state index in [1.807, 2.05) is 0 Å². The van der Waals surface area contributed by atoms with Gasteiger partial charge >= 0.3 is 0 Å². The Morgan fingerprint density at radius 3 is 2.38 bits per heavy atom. The Kier molecular flexibility index (Phi) is 6.26. The van der Waals surface area contributed by atoms with Crippen LogP contribution in [0.15, 0.2) is 36.7 Å². The number of carbonyl (C=O) groups excluding carboxylic acids is 1. The molecule has 0 atom stereocenters. The normalized spacial score (nSPS) is 10.0. The Morgan fingerprint density at radius 1 is 1.17 bits per heavy atom. The maximum absolute atomic E-state index is 12.3. The molecule has 0 radical (unpaired) electrons. The first-order valence-corrected chi connectivity index (χ1v) is 8.07. The molecular weight excluding hydrogens is 302 g/mol. The monoisotopic (exact) mass is 323 g/mol. The summed E-state index contributed by atoms with van der Waals surface area (Å²) in [5.41, 5.74) is 1.26. The molecule has 1 heterocycles. The maximum Gasteiger partial charge on any atom is 0.258 e. The molecular formula is C18H21N5O. The highest BCUT2D eigenvalue weighted by molar-refractivity contribution is 6.04. The van der Waals surface area contributed by atoms with Crippen molar-refractivity contribution in [2.45, 2.75) is 26.7 Å². The van der Waals surface area contributed by atoms with E-state index in [1.165, 1.54) is 12.4 Å². The Hall–Kier alpha value is -2.94. The first-order valence-electron chi connectivity index (χ1n) is 8.07. The Labute approximate surface area is 142 Å². The molecule has 0 saturated heterocycles. The third-order valence-electron chi connectivity index (χ3n) is 3.47. The zero-order valence-corrected chi connectivity index (χ0v) is 14.0. The summed E-state index contributed by atoms with van der Waals surface area (Å²) in [4.78, 5) is 23.0. The number of carbonyl (C=O) groups is 1. The van der Waals surface area contributed by atoms with Crippen LogP contribution >= 0.6 is 0 Å². The van der Waals surface area contributed by atoms with Gasteiger partial charge in [-0.3, -0.25) is 4.79 Å². The molecule has 24 heavy (non-hydrogen) atoms. The molecule has 0 aliphatic carbocycles. The van der Waals surface area contributed by atoms with Crippen molar-refractivity contribution in [2.24, 2.45) is 0 Å². The lowest BCUT2D eigenvalue weighted by molar-refractivity contribution is 0.102. The first-order chi connectivity index (χ1) is 11.7. The molecule has 0 saturated carbocycles. The van der Waals surface area contributed by atoms with Gasteiger partial charge in [0.1, 0.15) is 6.07 Å². The van der Waals surface area contributed by atoms with E-state index in [2.05, 4.69) is 40.1 Å². The lowest BCUT2D eigenvalue weighted by Crippen LogP contribution is -2.27. The second-order valence-corrected chi connectivity index (χ2v) is 5.37. The summed E-state index contributed by atoms with van der Waals surface area (Å²) in [6, 6.07) is 8.92. The van der Waals surface area contributed by atoms with E-state index in [4.69, 9.17) is 5.26 Å². The third-order valence-corrected chi connectivity index (χ3v) is 3.47. The van der Waals surface area contributed by atoms with E-state index >= 15 is 0 Å². The number of aromatic nitrogens is 2. The highest BCUT2D eigenvalue weighted by Gasteiger charge is 2.12. The highest BCUT2D eigenvalue weighted by atomic mass is 16.1. The van der Waals surface area contributed by atoms with E-state index in [9.17, 15) is 4.79 Å². The molecule has 124 valence electrons. The number of nitrogens with zero attached hydrogens (tertiary/aromatic N) is 4. The van der Waals surface area contributed by atoms with Crippen LogP contribution in [-0.4, -0.2) is 29.0 Å². The number of hydrogen-bond donors (Lipinski definition) is 1. The first kappa shape index (κ1) is 17.4. The SMILES string of the molecule is CCCN(CCC)c1ncc(C(=O)Nc2ccccc2C#N)cn1. The highest BCUT2D eigenvalue weighted by Crippen LogP contribution is 2.15. The number of hydrogen-bond acceptors (Lipinski definition) is 5. The summed E-state index contributed by atoms with van der Waals surface area (Å²) < 4.78 is 0. The van der Waals surface area contributed by atoms with Crippen LogP contribution in [0.5, 0.6) is 0 Å². The van der Waals surface area contributed by atoms with Gasteiger partial charge in [-0.25, -0.2) is 9.97 Å². The van der Waals surface area contributed by atoms with E-state index in [0.29, 0.717) is 22.8 Å². The van der Waals surface area contributed by atoms with E-state index in [0.717, 1.165) is 25.9 Å². The Balaban J connectivity index is 2.12. The summed E-state index contributed by atoms with van der Waals surface area (Å²) in [6.45, 7) is 5.98. The minimum Gasteiger partial charge on any atom is -0.341 e. The zero-order chi connectivity index (χ0) is 17.4. The standard InChI is InChI=1S/C18H21N5O/c1-3-9-23(10-4-2)18-20-12-15(13-21-18)17(24)22-16-8-6-5-7-14(16)11-19/h5-8,12-13H,3-4,9-10H2,1-2H3,(H,22,24). The van der Waals surface area contributed by atoms with Crippen molar-refractivity contribution in [2.75, 3.05) is 23.3 Å². The van der Waals surface area contributed by atoms with Crippen molar-refractivity contribution in [1.82, 2.24) is 9.97 Å². The second-order valence-electron chi connectivity index (χ2n) is 5.37. The molecule has 6 heteroatoms. The van der Waals surface area contributed by atoms with Crippen molar-refractivity contribution < 1.29 is 4.79 Å². The minimum absolute atomic E-state index is 0.332. The fraction of sp³-hybridized carbons (Fsp3) is 0.333. The lowest BCUT2D eigenvalue weighted by atomic mass is 10.2. The van der Waals surface area contributed by atoms with Crippen LogP contribution in [0.3, 0.4) is 0 Å². The van der Waals surface area contributed by atoms with Gasteiger partial charge in [-0.1, -0.05) is 26.0 Å². The van der Waals surface area contributed by atoms with Crippen LogP contribution in [0.1, 0.15) is 42.6 Å². The van der Waals surface area contributed by atoms with Crippen molar-refractivity contribution in [3.63, 3.8) is 0 Å². The number of nitriles is 1. The number of nitrogens with one attached hydrogen (secondary N) is 1. The average molecular weight is 323 g/mol. The predicted octanol–water partition coefficient (Wildman–Crippen LogP) is 3.23. The topological polar surface area (TPSA) is 81.9 Å².